The number of nitrogens with zero attached hydrogens (tertiary/aromatic N) is 1. The van der Waals surface area contributed by atoms with Gasteiger partial charge in [0.15, 0.2) is 0 Å². The summed E-state index contributed by atoms with van der Waals surface area (Å²) in [4.78, 5) is 25.1. The zero-order chi connectivity index (χ0) is 17.4. The van der Waals surface area contributed by atoms with Crippen LogP contribution < -0.4 is 10.2 Å². The molecule has 0 saturated heterocycles. The molecule has 0 aliphatic carbocycles. The van der Waals surface area contributed by atoms with Crippen molar-refractivity contribution in [3.05, 3.63) is 66.0 Å². The van der Waals surface area contributed by atoms with Gasteiger partial charge >= 0.3 is 0 Å². The zero-order valence-corrected chi connectivity index (χ0v) is 13.7. The highest BCUT2D eigenvalue weighted by atomic mass is 19.1. The molecule has 0 aliphatic rings. The summed E-state index contributed by atoms with van der Waals surface area (Å²) in [5.41, 5.74) is 1.73. The monoisotopic (exact) mass is 328 g/mol. The molecule has 5 heteroatoms. The fourth-order valence-electron chi connectivity index (χ4n) is 2.39. The topological polar surface area (TPSA) is 49.4 Å². The molecule has 0 aromatic heterocycles. The average molecular weight is 328 g/mol. The molecular formula is C19H21FN2O2. The number of hydrogen-bond donors (Lipinski definition) is 1. The summed E-state index contributed by atoms with van der Waals surface area (Å²) in [7, 11) is 0. The Kier molecular flexibility index (Phi) is 6.49. The Morgan fingerprint density at radius 3 is 2.33 bits per heavy atom. The van der Waals surface area contributed by atoms with Gasteiger partial charge in [-0.15, -0.1) is 0 Å². The van der Waals surface area contributed by atoms with Gasteiger partial charge in [0.05, 0.1) is 0 Å². The number of benzene rings is 2. The van der Waals surface area contributed by atoms with Crippen LogP contribution >= 0.6 is 0 Å². The Morgan fingerprint density at radius 2 is 1.71 bits per heavy atom. The van der Waals surface area contributed by atoms with Crippen molar-refractivity contribution in [3.8, 4) is 0 Å². The van der Waals surface area contributed by atoms with E-state index in [-0.39, 0.29) is 17.6 Å². The summed E-state index contributed by atoms with van der Waals surface area (Å²) in [6.07, 6.45) is 1.09. The van der Waals surface area contributed by atoms with E-state index in [0.717, 1.165) is 5.56 Å². The van der Waals surface area contributed by atoms with Gasteiger partial charge in [0.25, 0.3) is 0 Å². The Morgan fingerprint density at radius 1 is 1.04 bits per heavy atom. The SMILES string of the molecule is CC(=O)N(CCNC(=O)CCc1ccccc1)c1ccc(F)cc1. The van der Waals surface area contributed by atoms with E-state index in [9.17, 15) is 14.0 Å². The Bertz CT molecular complexity index is 672. The van der Waals surface area contributed by atoms with Gasteiger partial charge in [-0.2, -0.15) is 0 Å². The lowest BCUT2D eigenvalue weighted by atomic mass is 10.1. The predicted octanol–water partition coefficient (Wildman–Crippen LogP) is 2.93. The molecule has 0 fully saturated rings. The molecule has 2 aromatic rings. The Hall–Kier alpha value is -2.69. The minimum absolute atomic E-state index is 0.0542. The minimum Gasteiger partial charge on any atom is -0.354 e. The van der Waals surface area contributed by atoms with Crippen molar-refractivity contribution in [2.75, 3.05) is 18.0 Å². The van der Waals surface area contributed by atoms with Gasteiger partial charge in [0.1, 0.15) is 5.82 Å². The molecule has 0 atom stereocenters. The number of nitrogens with one attached hydrogen (secondary N) is 1. The molecule has 0 saturated carbocycles. The van der Waals surface area contributed by atoms with Crippen LogP contribution in [0.3, 0.4) is 0 Å². The molecule has 2 amide bonds. The lowest BCUT2D eigenvalue weighted by Crippen LogP contribution is -2.37. The van der Waals surface area contributed by atoms with E-state index in [1.165, 1.54) is 24.0 Å². The molecule has 4 nitrogen and oxygen atoms in total. The number of aryl methyl sites for hydroxylation is 1. The highest BCUT2D eigenvalue weighted by Gasteiger charge is 2.11. The maximum absolute atomic E-state index is 13.0. The number of hydrogen-bond acceptors (Lipinski definition) is 2. The normalized spacial score (nSPS) is 10.2. The largest absolute Gasteiger partial charge is 0.354 e. The summed E-state index contributed by atoms with van der Waals surface area (Å²) >= 11 is 0. The second-order valence-corrected chi connectivity index (χ2v) is 5.48. The molecule has 1 N–H and O–H groups in total. The summed E-state index contributed by atoms with van der Waals surface area (Å²) in [6, 6.07) is 15.5. The number of amides is 2. The van der Waals surface area contributed by atoms with Crippen LogP contribution in [0.4, 0.5) is 10.1 Å². The summed E-state index contributed by atoms with van der Waals surface area (Å²) in [5, 5.41) is 2.81. The molecular weight excluding hydrogens is 307 g/mol. The molecule has 24 heavy (non-hydrogen) atoms. The smallest absolute Gasteiger partial charge is 0.223 e. The van der Waals surface area contributed by atoms with E-state index in [4.69, 9.17) is 0 Å². The summed E-state index contributed by atoms with van der Waals surface area (Å²) < 4.78 is 13.0. The lowest BCUT2D eigenvalue weighted by Gasteiger charge is -2.21. The van der Waals surface area contributed by atoms with Crippen molar-refractivity contribution in [1.82, 2.24) is 5.32 Å². The first-order chi connectivity index (χ1) is 11.6. The number of carbonyl (C=O) groups excluding carboxylic acids is 2. The molecule has 0 heterocycles. The second kappa shape index (κ2) is 8.82. The third-order valence-corrected chi connectivity index (χ3v) is 3.66. The molecule has 0 bridgehead atoms. The fraction of sp³-hybridized carbons (Fsp3) is 0.263. The molecule has 126 valence electrons. The van der Waals surface area contributed by atoms with E-state index < -0.39 is 0 Å². The van der Waals surface area contributed by atoms with Gasteiger partial charge in [-0.25, -0.2) is 4.39 Å². The van der Waals surface area contributed by atoms with Crippen LogP contribution in [0, 0.1) is 5.82 Å². The number of anilines is 1. The van der Waals surface area contributed by atoms with Crippen LogP contribution in [0.1, 0.15) is 18.9 Å². The molecule has 2 aromatic carbocycles. The predicted molar refractivity (Wildman–Crippen MR) is 92.2 cm³/mol. The van der Waals surface area contributed by atoms with Crippen molar-refractivity contribution >= 4 is 17.5 Å². The molecule has 0 spiro atoms. The van der Waals surface area contributed by atoms with Crippen LogP contribution in [0.2, 0.25) is 0 Å². The van der Waals surface area contributed by atoms with Gasteiger partial charge in [0, 0.05) is 32.1 Å². The van der Waals surface area contributed by atoms with Crippen molar-refractivity contribution in [1.29, 1.82) is 0 Å². The van der Waals surface area contributed by atoms with E-state index in [1.807, 2.05) is 30.3 Å². The zero-order valence-electron chi connectivity index (χ0n) is 13.7. The minimum atomic E-state index is -0.350. The van der Waals surface area contributed by atoms with Crippen molar-refractivity contribution in [2.45, 2.75) is 19.8 Å². The van der Waals surface area contributed by atoms with Crippen molar-refractivity contribution in [2.24, 2.45) is 0 Å². The maximum Gasteiger partial charge on any atom is 0.223 e. The van der Waals surface area contributed by atoms with Crippen LogP contribution in [0.15, 0.2) is 54.6 Å². The summed E-state index contributed by atoms with van der Waals surface area (Å²) in [6.45, 7) is 2.14. The second-order valence-electron chi connectivity index (χ2n) is 5.48. The number of halogens is 1. The van der Waals surface area contributed by atoms with Gasteiger partial charge in [-0.1, -0.05) is 30.3 Å². The molecule has 0 aliphatic heterocycles. The first-order valence-electron chi connectivity index (χ1n) is 7.90. The van der Waals surface area contributed by atoms with Gasteiger partial charge < -0.3 is 10.2 Å². The Labute approximate surface area is 141 Å². The van der Waals surface area contributed by atoms with Crippen molar-refractivity contribution < 1.29 is 14.0 Å². The standard InChI is InChI=1S/C19H21FN2O2/c1-15(23)22(18-10-8-17(20)9-11-18)14-13-21-19(24)12-7-16-5-3-2-4-6-16/h2-6,8-11H,7,12-14H2,1H3,(H,21,24). The van der Waals surface area contributed by atoms with Gasteiger partial charge in [-0.05, 0) is 36.2 Å². The first-order valence-corrected chi connectivity index (χ1v) is 7.90. The quantitative estimate of drug-likeness (QED) is 0.849. The van der Waals surface area contributed by atoms with E-state index >= 15 is 0 Å². The van der Waals surface area contributed by atoms with Crippen LogP contribution in [-0.2, 0) is 16.0 Å². The fourth-order valence-corrected chi connectivity index (χ4v) is 2.39. The van der Waals surface area contributed by atoms with Crippen molar-refractivity contribution in [3.63, 3.8) is 0 Å². The number of carbonyl (C=O) groups is 2. The maximum atomic E-state index is 13.0. The first kappa shape index (κ1) is 17.7. The van der Waals surface area contributed by atoms with Crippen LogP contribution in [0.25, 0.3) is 0 Å². The average Bonchev–Trinajstić information content (AvgIpc) is 2.58. The third-order valence-electron chi connectivity index (χ3n) is 3.66. The van der Waals surface area contributed by atoms with E-state index in [1.54, 1.807) is 12.1 Å². The Balaban J connectivity index is 1.79. The highest BCUT2D eigenvalue weighted by molar-refractivity contribution is 5.91. The summed E-state index contributed by atoms with van der Waals surface area (Å²) in [5.74, 6) is -0.557. The van der Waals surface area contributed by atoms with E-state index in [2.05, 4.69) is 5.32 Å². The highest BCUT2D eigenvalue weighted by Crippen LogP contribution is 2.14. The lowest BCUT2D eigenvalue weighted by molar-refractivity contribution is -0.121. The third kappa shape index (κ3) is 5.50. The van der Waals surface area contributed by atoms with Crippen LogP contribution in [0.5, 0.6) is 0 Å². The van der Waals surface area contributed by atoms with Crippen LogP contribution in [-0.4, -0.2) is 24.9 Å². The number of rotatable bonds is 7. The molecule has 0 unspecified atom stereocenters. The molecule has 2 rings (SSSR count). The van der Waals surface area contributed by atoms with Gasteiger partial charge in [0.2, 0.25) is 11.8 Å². The molecule has 0 radical (unpaired) electrons. The van der Waals surface area contributed by atoms with E-state index in [0.29, 0.717) is 31.6 Å². The van der Waals surface area contributed by atoms with Gasteiger partial charge in [-0.3, -0.25) is 9.59 Å².